The highest BCUT2D eigenvalue weighted by molar-refractivity contribution is 5.53. The first-order chi connectivity index (χ1) is 18.2. The smallest absolute Gasteiger partial charge is 0.120 e. The van der Waals surface area contributed by atoms with Crippen molar-refractivity contribution in [3.63, 3.8) is 0 Å². The number of ether oxygens (including phenoxy) is 1. The van der Waals surface area contributed by atoms with E-state index in [1.54, 1.807) is 0 Å². The molecule has 0 radical (unpaired) electrons. The number of fused-ring (bicyclic) bond motifs is 1. The summed E-state index contributed by atoms with van der Waals surface area (Å²) in [6.07, 6.45) is 4.41. The van der Waals surface area contributed by atoms with Gasteiger partial charge in [-0.2, -0.15) is 0 Å². The van der Waals surface area contributed by atoms with Crippen LogP contribution in [0.5, 0.6) is 5.75 Å². The molecule has 4 aromatic rings. The van der Waals surface area contributed by atoms with Crippen LogP contribution < -0.4 is 9.64 Å². The minimum Gasteiger partial charge on any atom is -0.489 e. The van der Waals surface area contributed by atoms with Gasteiger partial charge in [-0.05, 0) is 83.7 Å². The fraction of sp³-hybridized carbons (Fsp3) is 0.257. The number of hydrogen-bond donors (Lipinski definition) is 0. The van der Waals surface area contributed by atoms with Gasteiger partial charge >= 0.3 is 0 Å². The van der Waals surface area contributed by atoms with Crippen LogP contribution in [-0.2, 0) is 13.0 Å². The van der Waals surface area contributed by atoms with Crippen molar-refractivity contribution < 1.29 is 4.74 Å². The van der Waals surface area contributed by atoms with Gasteiger partial charge in [0.05, 0.1) is 0 Å². The highest BCUT2D eigenvalue weighted by atomic mass is 16.5. The number of hydrogen-bond acceptors (Lipinski definition) is 2. The molecule has 186 valence electrons. The van der Waals surface area contributed by atoms with Crippen LogP contribution in [0.4, 0.5) is 5.69 Å². The van der Waals surface area contributed by atoms with E-state index in [2.05, 4.69) is 109 Å². The first kappa shape index (κ1) is 23.6. The van der Waals surface area contributed by atoms with Crippen molar-refractivity contribution in [1.29, 1.82) is 0 Å². The standard InChI is InChI=1S/C35H35NO/c1-26-20-22-36(23-21-26)31-15-12-29(13-16-31)35-33(28-10-6-3-7-11-28)18-14-30-24-32(17-19-34(30)35)37-25-27-8-4-2-5-9-27/h2-13,15-17,19,24,33,35H,1,14,18,20-23,25H2. The Labute approximate surface area is 221 Å². The lowest BCUT2D eigenvalue weighted by Gasteiger charge is -2.35. The topological polar surface area (TPSA) is 12.5 Å². The van der Waals surface area contributed by atoms with Gasteiger partial charge in [-0.3, -0.25) is 0 Å². The molecule has 0 amide bonds. The Morgan fingerprint density at radius 2 is 1.43 bits per heavy atom. The van der Waals surface area contributed by atoms with Gasteiger partial charge in [-0.1, -0.05) is 91.0 Å². The molecule has 1 heterocycles. The zero-order valence-corrected chi connectivity index (χ0v) is 21.5. The van der Waals surface area contributed by atoms with E-state index in [9.17, 15) is 0 Å². The molecule has 2 nitrogen and oxygen atoms in total. The summed E-state index contributed by atoms with van der Waals surface area (Å²) in [6, 6.07) is 37.6. The molecule has 1 saturated heterocycles. The van der Waals surface area contributed by atoms with Gasteiger partial charge < -0.3 is 9.64 Å². The van der Waals surface area contributed by atoms with Crippen LogP contribution in [0.1, 0.15) is 58.9 Å². The van der Waals surface area contributed by atoms with E-state index < -0.39 is 0 Å². The lowest BCUT2D eigenvalue weighted by Crippen LogP contribution is -2.30. The molecule has 1 aliphatic heterocycles. The Kier molecular flexibility index (Phi) is 6.82. The van der Waals surface area contributed by atoms with Crippen molar-refractivity contribution in [3.8, 4) is 5.75 Å². The van der Waals surface area contributed by atoms with Crippen molar-refractivity contribution in [2.24, 2.45) is 0 Å². The molecule has 37 heavy (non-hydrogen) atoms. The van der Waals surface area contributed by atoms with Crippen molar-refractivity contribution in [3.05, 3.63) is 143 Å². The van der Waals surface area contributed by atoms with Gasteiger partial charge in [0.1, 0.15) is 12.4 Å². The second-order valence-electron chi connectivity index (χ2n) is 10.5. The molecule has 2 atom stereocenters. The van der Waals surface area contributed by atoms with Crippen LogP contribution in [0.25, 0.3) is 0 Å². The van der Waals surface area contributed by atoms with E-state index in [0.29, 0.717) is 18.4 Å². The first-order valence-electron chi connectivity index (χ1n) is 13.6. The Bertz CT molecular complexity index is 1330. The van der Waals surface area contributed by atoms with Crippen LogP contribution >= 0.6 is 0 Å². The third kappa shape index (κ3) is 5.20. The van der Waals surface area contributed by atoms with E-state index >= 15 is 0 Å². The molecule has 0 aromatic heterocycles. The number of rotatable bonds is 6. The van der Waals surface area contributed by atoms with E-state index in [0.717, 1.165) is 44.5 Å². The van der Waals surface area contributed by atoms with Gasteiger partial charge in [0.15, 0.2) is 0 Å². The summed E-state index contributed by atoms with van der Waals surface area (Å²) in [6.45, 7) is 6.92. The fourth-order valence-electron chi connectivity index (χ4n) is 6.07. The molecule has 2 unspecified atom stereocenters. The van der Waals surface area contributed by atoms with Gasteiger partial charge in [0, 0.05) is 24.7 Å². The largest absolute Gasteiger partial charge is 0.489 e. The van der Waals surface area contributed by atoms with Crippen molar-refractivity contribution in [1.82, 2.24) is 0 Å². The maximum absolute atomic E-state index is 6.19. The number of aryl methyl sites for hydroxylation is 1. The van der Waals surface area contributed by atoms with Crippen molar-refractivity contribution in [2.45, 2.75) is 44.1 Å². The Morgan fingerprint density at radius 3 is 2.16 bits per heavy atom. The van der Waals surface area contributed by atoms with E-state index in [1.165, 1.54) is 39.1 Å². The van der Waals surface area contributed by atoms with Gasteiger partial charge in [0.25, 0.3) is 0 Å². The summed E-state index contributed by atoms with van der Waals surface area (Å²) in [7, 11) is 0. The first-order valence-corrected chi connectivity index (χ1v) is 13.6. The molecule has 1 fully saturated rings. The summed E-state index contributed by atoms with van der Waals surface area (Å²) in [5.41, 5.74) is 9.59. The predicted octanol–water partition coefficient (Wildman–Crippen LogP) is 8.28. The van der Waals surface area contributed by atoms with Gasteiger partial charge in [-0.15, -0.1) is 0 Å². The molecule has 0 N–H and O–H groups in total. The fourth-order valence-corrected chi connectivity index (χ4v) is 6.07. The molecule has 2 aliphatic rings. The Hall–Kier alpha value is -3.78. The van der Waals surface area contributed by atoms with Gasteiger partial charge in [-0.25, -0.2) is 0 Å². The molecular formula is C35H35NO. The van der Waals surface area contributed by atoms with E-state index in [1.807, 2.05) is 6.07 Å². The zero-order valence-electron chi connectivity index (χ0n) is 21.5. The molecule has 1 aliphatic carbocycles. The molecular weight excluding hydrogens is 450 g/mol. The molecule has 4 aromatic carbocycles. The second kappa shape index (κ2) is 10.7. The summed E-state index contributed by atoms with van der Waals surface area (Å²) >= 11 is 0. The van der Waals surface area contributed by atoms with Gasteiger partial charge in [0.2, 0.25) is 0 Å². The van der Waals surface area contributed by atoms with Crippen LogP contribution in [0.15, 0.2) is 115 Å². The average Bonchev–Trinajstić information content (AvgIpc) is 2.97. The van der Waals surface area contributed by atoms with Crippen LogP contribution in [0, 0.1) is 0 Å². The number of piperidine rings is 1. The highest BCUT2D eigenvalue weighted by Crippen LogP contribution is 2.47. The van der Waals surface area contributed by atoms with Crippen molar-refractivity contribution >= 4 is 5.69 Å². The lowest BCUT2D eigenvalue weighted by atomic mass is 9.69. The molecule has 2 heteroatoms. The molecule has 0 bridgehead atoms. The number of nitrogens with zero attached hydrogens (tertiary/aromatic N) is 1. The summed E-state index contributed by atoms with van der Waals surface area (Å²) in [4.78, 5) is 2.50. The lowest BCUT2D eigenvalue weighted by molar-refractivity contribution is 0.305. The predicted molar refractivity (Wildman–Crippen MR) is 154 cm³/mol. The molecule has 0 spiro atoms. The normalized spacial score (nSPS) is 19.4. The van der Waals surface area contributed by atoms with E-state index in [4.69, 9.17) is 4.74 Å². The minimum atomic E-state index is 0.338. The monoisotopic (exact) mass is 485 g/mol. The number of anilines is 1. The SMILES string of the molecule is C=C1CCN(c2ccc(C3c4ccc(OCc5ccccc5)cc4CCC3c3ccccc3)cc2)CC1. The summed E-state index contributed by atoms with van der Waals surface area (Å²) in [5.74, 6) is 1.76. The highest BCUT2D eigenvalue weighted by Gasteiger charge is 2.32. The minimum absolute atomic E-state index is 0.338. The van der Waals surface area contributed by atoms with Crippen LogP contribution in [-0.4, -0.2) is 13.1 Å². The van der Waals surface area contributed by atoms with E-state index in [-0.39, 0.29) is 0 Å². The average molecular weight is 486 g/mol. The summed E-state index contributed by atoms with van der Waals surface area (Å²) in [5, 5.41) is 0. The summed E-state index contributed by atoms with van der Waals surface area (Å²) < 4.78 is 6.19. The third-order valence-corrected chi connectivity index (χ3v) is 8.14. The zero-order chi connectivity index (χ0) is 25.0. The Morgan fingerprint density at radius 1 is 0.730 bits per heavy atom. The maximum atomic E-state index is 6.19. The number of benzene rings is 4. The molecule has 0 saturated carbocycles. The van der Waals surface area contributed by atoms with Crippen molar-refractivity contribution in [2.75, 3.05) is 18.0 Å². The second-order valence-corrected chi connectivity index (χ2v) is 10.5. The van der Waals surface area contributed by atoms with Crippen LogP contribution in [0.3, 0.4) is 0 Å². The maximum Gasteiger partial charge on any atom is 0.120 e. The quantitative estimate of drug-likeness (QED) is 0.255. The molecule has 6 rings (SSSR count). The van der Waals surface area contributed by atoms with Crippen LogP contribution in [0.2, 0.25) is 0 Å². The Balaban J connectivity index is 1.29. The third-order valence-electron chi connectivity index (χ3n) is 8.14.